The van der Waals surface area contributed by atoms with Crippen molar-refractivity contribution in [2.24, 2.45) is 0 Å². The first kappa shape index (κ1) is 22.6. The molecule has 2 aromatic rings. The molecule has 158 valence electrons. The highest BCUT2D eigenvalue weighted by Gasteiger charge is 2.26. The molecule has 0 amide bonds. The van der Waals surface area contributed by atoms with E-state index in [1.807, 2.05) is 0 Å². The van der Waals surface area contributed by atoms with Gasteiger partial charge in [0.1, 0.15) is 0 Å². The van der Waals surface area contributed by atoms with Crippen molar-refractivity contribution in [1.82, 2.24) is 0 Å². The third-order valence-electron chi connectivity index (χ3n) is 4.84. The lowest BCUT2D eigenvalue weighted by atomic mass is 9.82. The molecule has 8 nitrogen and oxygen atoms in total. The van der Waals surface area contributed by atoms with Gasteiger partial charge in [0.25, 0.3) is 0 Å². The molecule has 0 unspecified atom stereocenters. The monoisotopic (exact) mass is 414 g/mol. The summed E-state index contributed by atoms with van der Waals surface area (Å²) in [4.78, 5) is 46.5. The summed E-state index contributed by atoms with van der Waals surface area (Å²) < 4.78 is 0. The van der Waals surface area contributed by atoms with Crippen molar-refractivity contribution in [1.29, 1.82) is 0 Å². The lowest BCUT2D eigenvalue weighted by Gasteiger charge is -2.21. The van der Waals surface area contributed by atoms with Crippen LogP contribution in [0.15, 0.2) is 24.3 Å². The van der Waals surface area contributed by atoms with Crippen LogP contribution in [0.4, 0.5) is 0 Å². The van der Waals surface area contributed by atoms with E-state index in [4.69, 9.17) is 0 Å². The Kier molecular flexibility index (Phi) is 6.30. The van der Waals surface area contributed by atoms with Gasteiger partial charge in [-0.15, -0.1) is 0 Å². The van der Waals surface area contributed by atoms with Crippen molar-refractivity contribution in [2.75, 3.05) is 0 Å². The summed E-state index contributed by atoms with van der Waals surface area (Å²) in [6.45, 7) is 7.18. The molecule has 0 aliphatic carbocycles. The van der Waals surface area contributed by atoms with Crippen LogP contribution in [-0.2, 0) is 0 Å². The highest BCUT2D eigenvalue weighted by Crippen LogP contribution is 2.38. The topological polar surface area (TPSA) is 149 Å². The fraction of sp³-hybridized carbons (Fsp3) is 0.273. The number of hydrogen-bond acceptors (Lipinski definition) is 4. The van der Waals surface area contributed by atoms with Crippen LogP contribution in [0.25, 0.3) is 11.1 Å². The minimum Gasteiger partial charge on any atom is -0.478 e. The van der Waals surface area contributed by atoms with Crippen LogP contribution in [-0.4, -0.2) is 44.3 Å². The molecule has 0 radical (unpaired) electrons. The van der Waals surface area contributed by atoms with Gasteiger partial charge >= 0.3 is 23.9 Å². The molecule has 0 atom stereocenters. The second-order valence-corrected chi connectivity index (χ2v) is 7.50. The first-order chi connectivity index (χ1) is 13.9. The molecule has 0 heterocycles. The quantitative estimate of drug-likeness (QED) is 0.521. The van der Waals surface area contributed by atoms with E-state index in [0.717, 1.165) is 0 Å². The fourth-order valence-corrected chi connectivity index (χ4v) is 3.36. The molecule has 0 aromatic heterocycles. The van der Waals surface area contributed by atoms with Crippen LogP contribution in [0.2, 0.25) is 0 Å². The molecule has 0 aliphatic heterocycles. The number of hydrogen-bond donors (Lipinski definition) is 4. The van der Waals surface area contributed by atoms with Gasteiger partial charge in [0.15, 0.2) is 0 Å². The Morgan fingerprint density at radius 1 is 0.533 bits per heavy atom. The van der Waals surface area contributed by atoms with E-state index in [0.29, 0.717) is 22.3 Å². The van der Waals surface area contributed by atoms with E-state index >= 15 is 0 Å². The zero-order valence-electron chi connectivity index (χ0n) is 16.9. The molecule has 30 heavy (non-hydrogen) atoms. The SMILES string of the molecule is CC(C)c1cc(C(=O)O)c(C(=O)O)cc1-c1cc(C(=O)O)c(C(=O)O)cc1C(C)C. The van der Waals surface area contributed by atoms with Crippen molar-refractivity contribution in [3.05, 3.63) is 57.6 Å². The number of carbonyl (C=O) groups is 4. The van der Waals surface area contributed by atoms with Crippen molar-refractivity contribution >= 4 is 23.9 Å². The minimum atomic E-state index is -1.43. The van der Waals surface area contributed by atoms with Crippen LogP contribution in [0.5, 0.6) is 0 Å². The summed E-state index contributed by atoms with van der Waals surface area (Å²) in [6, 6.07) is 4.99. The van der Waals surface area contributed by atoms with Gasteiger partial charge in [-0.1, -0.05) is 27.7 Å². The van der Waals surface area contributed by atoms with Crippen LogP contribution in [0.1, 0.15) is 92.1 Å². The average molecular weight is 414 g/mol. The van der Waals surface area contributed by atoms with E-state index in [1.54, 1.807) is 27.7 Å². The van der Waals surface area contributed by atoms with Gasteiger partial charge in [-0.25, -0.2) is 19.2 Å². The maximum Gasteiger partial charge on any atom is 0.336 e. The summed E-state index contributed by atoms with van der Waals surface area (Å²) in [5.41, 5.74) is 0.124. The van der Waals surface area contributed by atoms with E-state index in [1.165, 1.54) is 24.3 Å². The molecule has 0 aliphatic rings. The Hall–Kier alpha value is -3.68. The van der Waals surface area contributed by atoms with E-state index < -0.39 is 35.0 Å². The van der Waals surface area contributed by atoms with Crippen molar-refractivity contribution in [3.8, 4) is 11.1 Å². The van der Waals surface area contributed by atoms with Gasteiger partial charge in [0.2, 0.25) is 0 Å². The molecule has 0 fully saturated rings. The van der Waals surface area contributed by atoms with Gasteiger partial charge in [0, 0.05) is 0 Å². The molecule has 0 saturated carbocycles. The van der Waals surface area contributed by atoms with Gasteiger partial charge in [-0.2, -0.15) is 0 Å². The summed E-state index contributed by atoms with van der Waals surface area (Å²) in [6.07, 6.45) is 0. The van der Waals surface area contributed by atoms with Crippen LogP contribution in [0, 0.1) is 0 Å². The Balaban J connectivity index is 3.04. The zero-order chi connectivity index (χ0) is 22.9. The fourth-order valence-electron chi connectivity index (χ4n) is 3.36. The number of carboxylic acids is 4. The first-order valence-corrected chi connectivity index (χ1v) is 9.16. The number of benzene rings is 2. The molecule has 8 heteroatoms. The molecular weight excluding hydrogens is 392 g/mol. The van der Waals surface area contributed by atoms with Gasteiger partial charge in [-0.05, 0) is 58.4 Å². The van der Waals surface area contributed by atoms with E-state index in [9.17, 15) is 39.6 Å². The number of rotatable bonds is 7. The number of carboxylic acid groups (broad SMARTS) is 4. The Bertz CT molecular complexity index is 978. The lowest BCUT2D eigenvalue weighted by Crippen LogP contribution is -2.13. The maximum absolute atomic E-state index is 11.7. The zero-order valence-corrected chi connectivity index (χ0v) is 16.9. The van der Waals surface area contributed by atoms with E-state index in [-0.39, 0.29) is 23.0 Å². The second-order valence-electron chi connectivity index (χ2n) is 7.50. The standard InChI is InChI=1S/C22H22O8/c1-9(2)11-5-15(19(23)24)17(21(27)28)7-13(11)14-8-18(22(29)30)16(20(25)26)6-12(14)10(3)4/h5-10H,1-4H3,(H,23,24)(H,25,26)(H,27,28)(H,29,30). The van der Waals surface area contributed by atoms with Crippen LogP contribution in [0.3, 0.4) is 0 Å². The number of aromatic carboxylic acids is 4. The van der Waals surface area contributed by atoms with E-state index in [2.05, 4.69) is 0 Å². The van der Waals surface area contributed by atoms with Gasteiger partial charge in [-0.3, -0.25) is 0 Å². The third kappa shape index (κ3) is 4.17. The predicted molar refractivity (Wildman–Crippen MR) is 108 cm³/mol. The van der Waals surface area contributed by atoms with Crippen molar-refractivity contribution in [2.45, 2.75) is 39.5 Å². The molecule has 0 spiro atoms. The Morgan fingerprint density at radius 3 is 0.967 bits per heavy atom. The first-order valence-electron chi connectivity index (χ1n) is 9.16. The molecule has 4 N–H and O–H groups in total. The summed E-state index contributed by atoms with van der Waals surface area (Å²) >= 11 is 0. The minimum absolute atomic E-state index is 0.214. The van der Waals surface area contributed by atoms with Crippen LogP contribution < -0.4 is 0 Å². The molecule has 0 bridgehead atoms. The normalized spacial score (nSPS) is 11.0. The second kappa shape index (κ2) is 8.36. The maximum atomic E-state index is 11.7. The Labute approximate surface area is 172 Å². The largest absolute Gasteiger partial charge is 0.478 e. The smallest absolute Gasteiger partial charge is 0.336 e. The highest BCUT2D eigenvalue weighted by atomic mass is 16.4. The van der Waals surface area contributed by atoms with Crippen molar-refractivity contribution < 1.29 is 39.6 Å². The average Bonchev–Trinajstić information content (AvgIpc) is 2.65. The summed E-state index contributed by atoms with van der Waals surface area (Å²) in [7, 11) is 0. The Morgan fingerprint density at radius 2 is 0.767 bits per heavy atom. The van der Waals surface area contributed by atoms with Gasteiger partial charge in [0.05, 0.1) is 22.3 Å². The summed E-state index contributed by atoms with van der Waals surface area (Å²) in [5.74, 6) is -6.08. The summed E-state index contributed by atoms with van der Waals surface area (Å²) in [5, 5.41) is 37.9. The third-order valence-corrected chi connectivity index (χ3v) is 4.84. The van der Waals surface area contributed by atoms with Crippen LogP contribution >= 0.6 is 0 Å². The molecule has 0 saturated heterocycles. The predicted octanol–water partition coefficient (Wildman–Crippen LogP) is 4.39. The van der Waals surface area contributed by atoms with Gasteiger partial charge < -0.3 is 20.4 Å². The molecular formula is C22H22O8. The molecule has 2 aromatic carbocycles. The highest BCUT2D eigenvalue weighted by molar-refractivity contribution is 6.05. The lowest BCUT2D eigenvalue weighted by molar-refractivity contribution is 0.0651. The molecule has 2 rings (SSSR count). The van der Waals surface area contributed by atoms with Crippen molar-refractivity contribution in [3.63, 3.8) is 0 Å².